The zero-order valence-electron chi connectivity index (χ0n) is 10.2. The van der Waals surface area contributed by atoms with Crippen LogP contribution in [0.2, 0.25) is 0 Å². The summed E-state index contributed by atoms with van der Waals surface area (Å²) < 4.78 is 24.7. The molecule has 0 aliphatic heterocycles. The predicted molar refractivity (Wildman–Crippen MR) is 66.3 cm³/mol. The molecule has 0 fully saturated rings. The number of nitrogens with zero attached hydrogens (tertiary/aromatic N) is 1. The van der Waals surface area contributed by atoms with E-state index in [9.17, 15) is 8.42 Å². The average molecular weight is 250 g/mol. The molecular formula is C9H22N4O2S. The summed E-state index contributed by atoms with van der Waals surface area (Å²) in [7, 11) is -2.24. The summed E-state index contributed by atoms with van der Waals surface area (Å²) in [6.07, 6.45) is 3.25. The summed E-state index contributed by atoms with van der Waals surface area (Å²) in [5.74, 6) is 0.883. The number of nitrogens with two attached hydrogens (primary N) is 1. The monoisotopic (exact) mass is 250 g/mol. The molecule has 0 aliphatic rings. The van der Waals surface area contributed by atoms with Crippen LogP contribution in [0.1, 0.15) is 33.1 Å². The molecule has 0 aromatic heterocycles. The topological polar surface area (TPSA) is 96.6 Å². The van der Waals surface area contributed by atoms with Crippen molar-refractivity contribution in [2.24, 2.45) is 15.5 Å². The minimum absolute atomic E-state index is 0.187. The molecule has 0 aromatic carbocycles. The molecule has 0 aliphatic carbocycles. The van der Waals surface area contributed by atoms with Crippen LogP contribution in [0.3, 0.4) is 0 Å². The van der Waals surface area contributed by atoms with Gasteiger partial charge in [-0.05, 0) is 12.3 Å². The lowest BCUT2D eigenvalue weighted by atomic mass is 10.1. The Labute approximate surface area is 97.9 Å². The molecular weight excluding hydrogens is 228 g/mol. The van der Waals surface area contributed by atoms with Crippen molar-refractivity contribution in [3.8, 4) is 0 Å². The maximum Gasteiger partial charge on any atom is 0.320 e. The van der Waals surface area contributed by atoms with Crippen molar-refractivity contribution >= 4 is 16.2 Å². The first kappa shape index (κ1) is 15.2. The van der Waals surface area contributed by atoms with E-state index >= 15 is 0 Å². The number of rotatable bonds is 6. The van der Waals surface area contributed by atoms with E-state index in [2.05, 4.69) is 28.9 Å². The minimum Gasteiger partial charge on any atom is -0.359 e. The Hall–Kier alpha value is -0.820. The molecule has 0 aromatic rings. The normalized spacial score (nSPS) is 12.9. The summed E-state index contributed by atoms with van der Waals surface area (Å²) in [4.78, 5) is 0. The van der Waals surface area contributed by atoms with Gasteiger partial charge in [-0.1, -0.05) is 26.7 Å². The molecule has 0 bridgehead atoms. The van der Waals surface area contributed by atoms with Crippen LogP contribution in [0.25, 0.3) is 0 Å². The quantitative estimate of drug-likeness (QED) is 0.356. The van der Waals surface area contributed by atoms with E-state index in [1.165, 1.54) is 6.42 Å². The fourth-order valence-electron chi connectivity index (χ4n) is 1.18. The predicted octanol–water partition coefficient (Wildman–Crippen LogP) is 0.181. The molecule has 0 unspecified atom stereocenters. The first-order valence-electron chi connectivity index (χ1n) is 5.39. The summed E-state index contributed by atoms with van der Waals surface area (Å²) in [5.41, 5.74) is 0. The molecule has 0 saturated heterocycles. The maximum atomic E-state index is 10.7. The zero-order chi connectivity index (χ0) is 12.6. The molecule has 0 heterocycles. The van der Waals surface area contributed by atoms with Crippen LogP contribution >= 0.6 is 0 Å². The molecule has 0 radical (unpaired) electrons. The number of guanidine groups is 1. The molecule has 0 rings (SSSR count). The van der Waals surface area contributed by atoms with Crippen LogP contribution < -0.4 is 15.8 Å². The van der Waals surface area contributed by atoms with Gasteiger partial charge in [-0.15, -0.1) is 4.40 Å². The van der Waals surface area contributed by atoms with Gasteiger partial charge in [0, 0.05) is 13.6 Å². The highest BCUT2D eigenvalue weighted by Crippen LogP contribution is 2.04. The van der Waals surface area contributed by atoms with E-state index in [0.29, 0.717) is 12.5 Å². The highest BCUT2D eigenvalue weighted by molar-refractivity contribution is 7.88. The van der Waals surface area contributed by atoms with Gasteiger partial charge < -0.3 is 10.6 Å². The highest BCUT2D eigenvalue weighted by Gasteiger charge is 2.02. The van der Waals surface area contributed by atoms with E-state index in [4.69, 9.17) is 5.14 Å². The first-order valence-corrected chi connectivity index (χ1v) is 6.89. The summed E-state index contributed by atoms with van der Waals surface area (Å²) in [6, 6.07) is 0. The van der Waals surface area contributed by atoms with Gasteiger partial charge in [0.05, 0.1) is 0 Å². The largest absolute Gasteiger partial charge is 0.359 e. The molecule has 16 heavy (non-hydrogen) atoms. The fourth-order valence-corrected chi connectivity index (χ4v) is 1.59. The van der Waals surface area contributed by atoms with Crippen molar-refractivity contribution in [3.05, 3.63) is 0 Å². The van der Waals surface area contributed by atoms with Crippen LogP contribution in [0.4, 0.5) is 0 Å². The van der Waals surface area contributed by atoms with Crippen LogP contribution in [-0.4, -0.2) is 28.0 Å². The van der Waals surface area contributed by atoms with Crippen molar-refractivity contribution in [1.29, 1.82) is 0 Å². The van der Waals surface area contributed by atoms with Crippen molar-refractivity contribution in [2.45, 2.75) is 33.1 Å². The standard InChI is InChI=1S/C9H22N4O2S/c1-8(2)6-4-5-7-12-9(11-3)13-16(10,14)15/h8H,4-7H2,1-3H3,(H2,10,14,15)(H2,11,12,13). The number of hydrogen-bond acceptors (Lipinski definition) is 2. The van der Waals surface area contributed by atoms with Gasteiger partial charge in [-0.2, -0.15) is 8.42 Å². The van der Waals surface area contributed by atoms with Gasteiger partial charge >= 0.3 is 10.2 Å². The van der Waals surface area contributed by atoms with Gasteiger partial charge in [0.25, 0.3) is 0 Å². The van der Waals surface area contributed by atoms with Crippen LogP contribution in [0.15, 0.2) is 4.40 Å². The SMILES string of the molecule is CN/C(=N\S(N)(=O)=O)NCCCCC(C)C. The molecule has 4 N–H and O–H groups in total. The van der Waals surface area contributed by atoms with Gasteiger partial charge in [0.1, 0.15) is 0 Å². The number of nitrogens with one attached hydrogen (secondary N) is 2. The maximum absolute atomic E-state index is 10.7. The molecule has 0 atom stereocenters. The lowest BCUT2D eigenvalue weighted by Gasteiger charge is -2.08. The second kappa shape index (κ2) is 7.45. The molecule has 7 heteroatoms. The summed E-state index contributed by atoms with van der Waals surface area (Å²) in [5, 5.41) is 10.3. The third-order valence-electron chi connectivity index (χ3n) is 1.96. The van der Waals surface area contributed by atoms with E-state index in [0.717, 1.165) is 12.8 Å². The van der Waals surface area contributed by atoms with Crippen molar-refractivity contribution < 1.29 is 8.42 Å². The highest BCUT2D eigenvalue weighted by atomic mass is 32.2. The average Bonchev–Trinajstić information content (AvgIpc) is 2.13. The third kappa shape index (κ3) is 9.72. The lowest BCUT2D eigenvalue weighted by molar-refractivity contribution is 0.535. The molecule has 0 saturated carbocycles. The van der Waals surface area contributed by atoms with Crippen molar-refractivity contribution in [2.75, 3.05) is 13.6 Å². The van der Waals surface area contributed by atoms with Gasteiger partial charge in [0.15, 0.2) is 0 Å². The molecule has 0 amide bonds. The smallest absolute Gasteiger partial charge is 0.320 e. The molecule has 0 spiro atoms. The lowest BCUT2D eigenvalue weighted by Crippen LogP contribution is -2.36. The molecule has 96 valence electrons. The first-order chi connectivity index (χ1) is 7.35. The van der Waals surface area contributed by atoms with E-state index in [-0.39, 0.29) is 5.96 Å². The van der Waals surface area contributed by atoms with Crippen molar-refractivity contribution in [1.82, 2.24) is 10.6 Å². The fraction of sp³-hybridized carbons (Fsp3) is 0.889. The zero-order valence-corrected chi connectivity index (χ0v) is 11.0. The third-order valence-corrected chi connectivity index (χ3v) is 2.39. The number of unbranched alkanes of at least 4 members (excludes halogenated alkanes) is 1. The van der Waals surface area contributed by atoms with Crippen LogP contribution in [-0.2, 0) is 10.2 Å². The second-order valence-electron chi connectivity index (χ2n) is 4.02. The van der Waals surface area contributed by atoms with E-state index in [1.54, 1.807) is 7.05 Å². The Balaban J connectivity index is 3.86. The van der Waals surface area contributed by atoms with Crippen LogP contribution in [0.5, 0.6) is 0 Å². The summed E-state index contributed by atoms with van der Waals surface area (Å²) in [6.45, 7) is 5.03. The Kier molecular flexibility index (Phi) is 7.07. The van der Waals surface area contributed by atoms with Crippen molar-refractivity contribution in [3.63, 3.8) is 0 Å². The van der Waals surface area contributed by atoms with Crippen LogP contribution in [0, 0.1) is 5.92 Å². The minimum atomic E-state index is -3.83. The van der Waals surface area contributed by atoms with E-state index in [1.807, 2.05) is 0 Å². The molecule has 6 nitrogen and oxygen atoms in total. The Bertz CT molecular complexity index is 311. The Morgan fingerprint density at radius 3 is 2.44 bits per heavy atom. The van der Waals surface area contributed by atoms with Gasteiger partial charge in [0.2, 0.25) is 5.96 Å². The summed E-state index contributed by atoms with van der Waals surface area (Å²) >= 11 is 0. The van der Waals surface area contributed by atoms with Gasteiger partial charge in [-0.25, -0.2) is 5.14 Å². The second-order valence-corrected chi connectivity index (χ2v) is 5.23. The van der Waals surface area contributed by atoms with E-state index < -0.39 is 10.2 Å². The Morgan fingerprint density at radius 1 is 1.38 bits per heavy atom. The number of hydrogen-bond donors (Lipinski definition) is 3. The Morgan fingerprint density at radius 2 is 2.00 bits per heavy atom. The van der Waals surface area contributed by atoms with Gasteiger partial charge in [-0.3, -0.25) is 0 Å².